The van der Waals surface area contributed by atoms with E-state index in [1.807, 2.05) is 11.9 Å². The van der Waals surface area contributed by atoms with Gasteiger partial charge in [-0.25, -0.2) is 0 Å². The van der Waals surface area contributed by atoms with Crippen molar-refractivity contribution in [3.63, 3.8) is 0 Å². The maximum absolute atomic E-state index is 13.9. The summed E-state index contributed by atoms with van der Waals surface area (Å²) in [5, 5.41) is 0. The van der Waals surface area contributed by atoms with Gasteiger partial charge in [0.2, 0.25) is 5.91 Å². The lowest BCUT2D eigenvalue weighted by molar-refractivity contribution is -0.128. The van der Waals surface area contributed by atoms with Gasteiger partial charge in [-0.15, -0.1) is 0 Å². The van der Waals surface area contributed by atoms with Crippen molar-refractivity contribution in [2.45, 2.75) is 90.9 Å². The van der Waals surface area contributed by atoms with E-state index in [-0.39, 0.29) is 5.41 Å². The van der Waals surface area contributed by atoms with E-state index in [2.05, 4.69) is 52.0 Å². The SMILES string of the molecule is CCCCC(CCC)[C@]1(C(CCC)CCC)C(=O)N(C)c2ccccc21. The summed E-state index contributed by atoms with van der Waals surface area (Å²) in [6.07, 6.45) is 10.5. The van der Waals surface area contributed by atoms with Crippen molar-refractivity contribution >= 4 is 11.6 Å². The second-order valence-corrected chi connectivity index (χ2v) is 8.15. The third kappa shape index (κ3) is 3.57. The van der Waals surface area contributed by atoms with Crippen LogP contribution in [0.5, 0.6) is 0 Å². The molecule has 1 unspecified atom stereocenters. The zero-order valence-corrected chi connectivity index (χ0v) is 17.7. The van der Waals surface area contributed by atoms with Crippen molar-refractivity contribution in [2.24, 2.45) is 11.8 Å². The van der Waals surface area contributed by atoms with Gasteiger partial charge in [0.15, 0.2) is 0 Å². The van der Waals surface area contributed by atoms with Crippen molar-refractivity contribution in [3.05, 3.63) is 29.8 Å². The van der Waals surface area contributed by atoms with Crippen LogP contribution in [-0.4, -0.2) is 13.0 Å². The number of likely N-dealkylation sites (N-methyl/N-ethyl adjacent to an activating group) is 1. The van der Waals surface area contributed by atoms with E-state index in [1.54, 1.807) is 0 Å². The molecule has 1 amide bonds. The van der Waals surface area contributed by atoms with Crippen molar-refractivity contribution in [2.75, 3.05) is 11.9 Å². The molecule has 2 rings (SSSR count). The number of benzene rings is 1. The molecule has 0 radical (unpaired) electrons. The Morgan fingerprint density at radius 1 is 0.846 bits per heavy atom. The molecule has 0 N–H and O–H groups in total. The molecular formula is C24H39NO. The first kappa shape index (κ1) is 21.0. The molecule has 0 bridgehead atoms. The number of carbonyl (C=O) groups excluding carboxylic acids is 1. The molecule has 2 nitrogen and oxygen atoms in total. The summed E-state index contributed by atoms with van der Waals surface area (Å²) in [7, 11) is 1.99. The lowest BCUT2D eigenvalue weighted by Crippen LogP contribution is -2.50. The summed E-state index contributed by atoms with van der Waals surface area (Å²) >= 11 is 0. The van der Waals surface area contributed by atoms with E-state index >= 15 is 0 Å². The summed E-state index contributed by atoms with van der Waals surface area (Å²) in [6.45, 7) is 9.08. The quantitative estimate of drug-likeness (QED) is 0.430. The molecule has 0 aromatic heterocycles. The fourth-order valence-electron chi connectivity index (χ4n) is 5.44. The molecule has 26 heavy (non-hydrogen) atoms. The molecule has 1 aliphatic rings. The highest BCUT2D eigenvalue weighted by Gasteiger charge is 2.57. The van der Waals surface area contributed by atoms with Gasteiger partial charge in [0, 0.05) is 12.7 Å². The first-order valence-electron chi connectivity index (χ1n) is 11.0. The van der Waals surface area contributed by atoms with Crippen molar-refractivity contribution in [1.82, 2.24) is 0 Å². The number of anilines is 1. The first-order chi connectivity index (χ1) is 12.6. The number of amides is 1. The number of rotatable bonds is 11. The van der Waals surface area contributed by atoms with Crippen LogP contribution in [0.15, 0.2) is 24.3 Å². The van der Waals surface area contributed by atoms with Crippen LogP contribution in [0.4, 0.5) is 5.69 Å². The van der Waals surface area contributed by atoms with Crippen LogP contribution in [0.25, 0.3) is 0 Å². The van der Waals surface area contributed by atoms with E-state index in [0.29, 0.717) is 17.7 Å². The molecule has 0 fully saturated rings. The van der Waals surface area contributed by atoms with Crippen molar-refractivity contribution in [1.29, 1.82) is 0 Å². The van der Waals surface area contributed by atoms with Gasteiger partial charge in [-0.05, 0) is 49.1 Å². The minimum atomic E-state index is -0.317. The Hall–Kier alpha value is -1.31. The van der Waals surface area contributed by atoms with Crippen LogP contribution >= 0.6 is 0 Å². The fourth-order valence-corrected chi connectivity index (χ4v) is 5.44. The van der Waals surface area contributed by atoms with Crippen molar-refractivity contribution in [3.8, 4) is 0 Å². The lowest BCUT2D eigenvalue weighted by Gasteiger charge is -2.43. The second-order valence-electron chi connectivity index (χ2n) is 8.15. The number of unbranched alkanes of at least 4 members (excludes halogenated alkanes) is 1. The van der Waals surface area contributed by atoms with Gasteiger partial charge < -0.3 is 4.90 Å². The number of hydrogen-bond donors (Lipinski definition) is 0. The molecule has 0 saturated heterocycles. The molecule has 0 aliphatic carbocycles. The first-order valence-corrected chi connectivity index (χ1v) is 11.0. The number of hydrogen-bond acceptors (Lipinski definition) is 1. The van der Waals surface area contributed by atoms with Gasteiger partial charge in [0.05, 0.1) is 5.41 Å². The normalized spacial score (nSPS) is 20.7. The highest BCUT2D eigenvalue weighted by atomic mass is 16.2. The maximum Gasteiger partial charge on any atom is 0.238 e. The Morgan fingerprint density at radius 3 is 1.92 bits per heavy atom. The van der Waals surface area contributed by atoms with Gasteiger partial charge in [0.25, 0.3) is 0 Å². The van der Waals surface area contributed by atoms with Crippen LogP contribution < -0.4 is 4.90 Å². The van der Waals surface area contributed by atoms with E-state index in [1.165, 1.54) is 24.8 Å². The predicted molar refractivity (Wildman–Crippen MR) is 113 cm³/mol. The minimum absolute atomic E-state index is 0.317. The topological polar surface area (TPSA) is 20.3 Å². The summed E-state index contributed by atoms with van der Waals surface area (Å²) in [5.41, 5.74) is 2.14. The number of para-hydroxylation sites is 1. The summed E-state index contributed by atoms with van der Waals surface area (Å²) in [6, 6.07) is 8.61. The second kappa shape index (κ2) is 9.58. The zero-order valence-electron chi connectivity index (χ0n) is 17.7. The molecule has 1 heterocycles. The van der Waals surface area contributed by atoms with Gasteiger partial charge in [-0.2, -0.15) is 0 Å². The highest BCUT2D eigenvalue weighted by molar-refractivity contribution is 6.08. The summed E-state index contributed by atoms with van der Waals surface area (Å²) in [4.78, 5) is 15.8. The number of nitrogens with zero attached hydrogens (tertiary/aromatic N) is 1. The monoisotopic (exact) mass is 357 g/mol. The van der Waals surface area contributed by atoms with E-state index < -0.39 is 0 Å². The molecule has 1 aromatic carbocycles. The Labute approximate surface area is 161 Å². The van der Waals surface area contributed by atoms with E-state index in [9.17, 15) is 4.79 Å². The van der Waals surface area contributed by atoms with Crippen LogP contribution in [0.1, 0.15) is 91.0 Å². The molecule has 1 aliphatic heterocycles. The van der Waals surface area contributed by atoms with Crippen LogP contribution in [-0.2, 0) is 10.2 Å². The van der Waals surface area contributed by atoms with Gasteiger partial charge in [0.1, 0.15) is 0 Å². The highest BCUT2D eigenvalue weighted by Crippen LogP contribution is 2.55. The summed E-state index contributed by atoms with van der Waals surface area (Å²) < 4.78 is 0. The maximum atomic E-state index is 13.9. The Morgan fingerprint density at radius 2 is 1.38 bits per heavy atom. The van der Waals surface area contributed by atoms with Crippen LogP contribution in [0, 0.1) is 11.8 Å². The predicted octanol–water partition coefficient (Wildman–Crippen LogP) is 6.72. The molecule has 146 valence electrons. The Bertz CT molecular complexity index is 575. The van der Waals surface area contributed by atoms with Crippen LogP contribution in [0.3, 0.4) is 0 Å². The number of carbonyl (C=O) groups is 1. The Kier molecular flexibility index (Phi) is 7.73. The molecular weight excluding hydrogens is 318 g/mol. The average molecular weight is 358 g/mol. The third-order valence-corrected chi connectivity index (χ3v) is 6.48. The molecule has 2 atom stereocenters. The standard InChI is InChI=1S/C24H39NO/c1-6-10-16-20(15-9-4)24(19(13-7-2)14-8-3)21-17-11-12-18-22(21)25(5)23(24)26/h11-12,17-20H,6-10,13-16H2,1-5H3/t20?,24-/m0/s1. The minimum Gasteiger partial charge on any atom is -0.314 e. The lowest BCUT2D eigenvalue weighted by atomic mass is 9.58. The average Bonchev–Trinajstić information content (AvgIpc) is 2.88. The van der Waals surface area contributed by atoms with E-state index in [4.69, 9.17) is 0 Å². The third-order valence-electron chi connectivity index (χ3n) is 6.48. The van der Waals surface area contributed by atoms with Crippen LogP contribution in [0.2, 0.25) is 0 Å². The smallest absolute Gasteiger partial charge is 0.238 e. The summed E-state index contributed by atoms with van der Waals surface area (Å²) in [5.74, 6) is 1.26. The largest absolute Gasteiger partial charge is 0.314 e. The van der Waals surface area contributed by atoms with Gasteiger partial charge >= 0.3 is 0 Å². The molecule has 0 spiro atoms. The molecule has 1 aromatic rings. The molecule has 2 heteroatoms. The van der Waals surface area contributed by atoms with E-state index in [0.717, 1.165) is 44.2 Å². The van der Waals surface area contributed by atoms with Crippen molar-refractivity contribution < 1.29 is 4.79 Å². The van der Waals surface area contributed by atoms with Gasteiger partial charge in [-0.3, -0.25) is 4.79 Å². The molecule has 0 saturated carbocycles. The Balaban J connectivity index is 2.66. The fraction of sp³-hybridized carbons (Fsp3) is 0.708. The van der Waals surface area contributed by atoms with Gasteiger partial charge in [-0.1, -0.05) is 78.0 Å². The number of fused-ring (bicyclic) bond motifs is 1. The zero-order chi connectivity index (χ0) is 19.2.